The SMILES string of the molecule is C=CC(=O)N1CCC[C@@H](n2nc(-c3ccc(Oc4ccccc4)cc3)c3c(N)ncnc32)C1.CC(=O)N1CCN(c2ccc(OC[C@H]3CO[C@](Cn4ccnc4)(c4ccc(Cl)cc4Cl)O3)cc2)CC1. The number of carbonyl (C=O) groups excluding carboxylic acids is 2. The number of hydrogen-bond acceptors (Lipinski definition) is 12. The summed E-state index contributed by atoms with van der Waals surface area (Å²) in [5.41, 5.74) is 10.3. The third kappa shape index (κ3) is 10.8. The zero-order valence-corrected chi connectivity index (χ0v) is 39.6. The van der Waals surface area contributed by atoms with Crippen LogP contribution in [0.4, 0.5) is 11.5 Å². The van der Waals surface area contributed by atoms with E-state index in [1.54, 1.807) is 36.5 Å². The number of nitrogen functional groups attached to an aromatic ring is 1. The number of nitrogens with zero attached hydrogens (tertiary/aromatic N) is 9. The first kappa shape index (κ1) is 47.1. The molecule has 3 fully saturated rings. The second-order valence-corrected chi connectivity index (χ2v) is 17.8. The van der Waals surface area contributed by atoms with Gasteiger partial charge in [0.1, 0.15) is 47.8 Å². The summed E-state index contributed by atoms with van der Waals surface area (Å²) in [5.74, 6) is 1.60. The van der Waals surface area contributed by atoms with E-state index in [4.69, 9.17) is 53.0 Å². The highest BCUT2D eigenvalue weighted by Crippen LogP contribution is 2.41. The molecule has 69 heavy (non-hydrogen) atoms. The Hall–Kier alpha value is -6.98. The number of nitrogens with two attached hydrogens (primary N) is 1. The van der Waals surface area contributed by atoms with Crippen LogP contribution in [0.1, 0.15) is 31.4 Å². The van der Waals surface area contributed by atoms with Gasteiger partial charge in [-0.25, -0.2) is 19.6 Å². The highest BCUT2D eigenvalue weighted by atomic mass is 35.5. The Balaban J connectivity index is 0.000000172. The van der Waals surface area contributed by atoms with Crippen LogP contribution in [-0.2, 0) is 31.4 Å². The molecule has 3 atom stereocenters. The number of likely N-dealkylation sites (tertiary alicyclic amines) is 1. The lowest BCUT2D eigenvalue weighted by Crippen LogP contribution is -2.48. The van der Waals surface area contributed by atoms with Crippen molar-refractivity contribution in [3.63, 3.8) is 0 Å². The molecule has 3 saturated heterocycles. The Kier molecular flexibility index (Phi) is 14.4. The number of ether oxygens (including phenoxy) is 4. The lowest BCUT2D eigenvalue weighted by molar-refractivity contribution is -0.189. The molecule has 16 nitrogen and oxygen atoms in total. The highest BCUT2D eigenvalue weighted by molar-refractivity contribution is 6.35. The van der Waals surface area contributed by atoms with Crippen LogP contribution in [0.25, 0.3) is 22.3 Å². The van der Waals surface area contributed by atoms with Gasteiger partial charge in [0.2, 0.25) is 17.6 Å². The zero-order chi connectivity index (χ0) is 47.9. The van der Waals surface area contributed by atoms with Gasteiger partial charge in [-0.2, -0.15) is 5.10 Å². The van der Waals surface area contributed by atoms with E-state index >= 15 is 0 Å². The molecule has 0 bridgehead atoms. The molecule has 7 aromatic rings. The standard InChI is InChI=1S/C26H28Cl2N4O4.C25H24N6O2/c1-19(33)31-10-12-32(13-11-31)21-3-5-22(6-4-21)34-15-23-16-35-26(36-23,17-30-9-8-29-18-30)24-7-2-20(27)14-25(24)28;1-2-21(32)30-14-6-7-18(15-30)31-25-22(24(26)27-16-28-25)23(29-31)17-10-12-20(13-11-17)33-19-8-4-3-5-9-19/h2-9,14,18,23H,10-13,15-17H2,1H3;2-5,8-13,16,18H,1,6-7,14-15H2,(H2,26,27,28)/t23-,26-;18-/m01/s1. The predicted octanol–water partition coefficient (Wildman–Crippen LogP) is 8.42. The van der Waals surface area contributed by atoms with Gasteiger partial charge in [0.15, 0.2) is 5.65 Å². The Labute approximate surface area is 409 Å². The van der Waals surface area contributed by atoms with Crippen molar-refractivity contribution in [2.45, 2.75) is 44.2 Å². The van der Waals surface area contributed by atoms with E-state index in [1.807, 2.05) is 105 Å². The second kappa shape index (κ2) is 21.1. The molecular formula is C51H52Cl2N10O6. The van der Waals surface area contributed by atoms with Crippen molar-refractivity contribution in [2.24, 2.45) is 0 Å². The molecule has 0 radical (unpaired) electrons. The molecule has 0 unspecified atom stereocenters. The number of para-hydroxylation sites is 1. The molecule has 3 aliphatic rings. The minimum absolute atomic E-state index is 0.00566. The van der Waals surface area contributed by atoms with Gasteiger partial charge in [-0.05, 0) is 91.7 Å². The first-order valence-corrected chi connectivity index (χ1v) is 23.5. The maximum atomic E-state index is 12.2. The number of piperidine rings is 1. The maximum Gasteiger partial charge on any atom is 0.246 e. The summed E-state index contributed by atoms with van der Waals surface area (Å²) in [6, 6.07) is 30.6. The molecular weight excluding hydrogens is 920 g/mol. The number of carbonyl (C=O) groups is 2. The number of piperazine rings is 1. The van der Waals surface area contributed by atoms with Gasteiger partial charge in [0.25, 0.3) is 0 Å². The van der Waals surface area contributed by atoms with Crippen molar-refractivity contribution in [1.82, 2.24) is 39.1 Å². The first-order valence-electron chi connectivity index (χ1n) is 22.8. The van der Waals surface area contributed by atoms with E-state index in [0.717, 1.165) is 67.5 Å². The number of amides is 2. The van der Waals surface area contributed by atoms with Crippen molar-refractivity contribution in [2.75, 3.05) is 63.1 Å². The molecule has 0 aliphatic carbocycles. The van der Waals surface area contributed by atoms with Gasteiger partial charge in [0.05, 0.1) is 35.9 Å². The second-order valence-electron chi connectivity index (χ2n) is 16.9. The summed E-state index contributed by atoms with van der Waals surface area (Å²) < 4.78 is 28.4. The molecule has 3 aliphatic heterocycles. The number of halogens is 2. The number of rotatable bonds is 12. The Morgan fingerprint density at radius 3 is 2.38 bits per heavy atom. The van der Waals surface area contributed by atoms with Gasteiger partial charge in [-0.15, -0.1) is 0 Å². The summed E-state index contributed by atoms with van der Waals surface area (Å²) in [6.45, 7) is 10.7. The fraction of sp³-hybridized carbons (Fsp3) is 0.294. The normalized spacial score (nSPS) is 19.2. The van der Waals surface area contributed by atoms with Crippen molar-refractivity contribution >= 4 is 57.6 Å². The Morgan fingerprint density at radius 2 is 1.67 bits per heavy atom. The van der Waals surface area contributed by atoms with Crippen LogP contribution < -0.4 is 20.1 Å². The van der Waals surface area contributed by atoms with Crippen molar-refractivity contribution < 1.29 is 28.5 Å². The van der Waals surface area contributed by atoms with Gasteiger partial charge in [-0.3, -0.25) is 9.59 Å². The maximum absolute atomic E-state index is 12.2. The van der Waals surface area contributed by atoms with Crippen LogP contribution >= 0.6 is 23.2 Å². The van der Waals surface area contributed by atoms with Crippen LogP contribution in [0, 0.1) is 0 Å². The number of hydrogen-bond donors (Lipinski definition) is 1. The fourth-order valence-corrected chi connectivity index (χ4v) is 9.39. The van der Waals surface area contributed by atoms with Crippen LogP contribution in [0.15, 0.2) is 135 Å². The van der Waals surface area contributed by atoms with E-state index in [-0.39, 0.29) is 24.0 Å². The Morgan fingerprint density at radius 1 is 0.913 bits per heavy atom. The van der Waals surface area contributed by atoms with E-state index in [1.165, 1.54) is 12.4 Å². The average molecular weight is 972 g/mol. The summed E-state index contributed by atoms with van der Waals surface area (Å²) in [7, 11) is 0. The monoisotopic (exact) mass is 970 g/mol. The Bertz CT molecular complexity index is 2880. The molecule has 10 rings (SSSR count). The van der Waals surface area contributed by atoms with E-state index in [9.17, 15) is 9.59 Å². The number of imidazole rings is 1. The van der Waals surface area contributed by atoms with Crippen LogP contribution in [-0.4, -0.2) is 109 Å². The van der Waals surface area contributed by atoms with Gasteiger partial charge in [0, 0.05) is 80.4 Å². The number of anilines is 2. The molecule has 6 heterocycles. The van der Waals surface area contributed by atoms with E-state index in [0.29, 0.717) is 71.0 Å². The molecule has 0 saturated carbocycles. The molecule has 2 amide bonds. The summed E-state index contributed by atoms with van der Waals surface area (Å²) >= 11 is 12.7. The zero-order valence-electron chi connectivity index (χ0n) is 38.1. The summed E-state index contributed by atoms with van der Waals surface area (Å²) in [6.07, 6.45) is 9.56. The lowest BCUT2D eigenvalue weighted by atomic mass is 10.1. The smallest absolute Gasteiger partial charge is 0.246 e. The number of benzene rings is 4. The molecule has 4 aromatic carbocycles. The third-order valence-electron chi connectivity index (χ3n) is 12.4. The predicted molar refractivity (Wildman–Crippen MR) is 264 cm³/mol. The topological polar surface area (TPSA) is 168 Å². The molecule has 0 spiro atoms. The molecule has 356 valence electrons. The molecule has 18 heteroatoms. The first-order chi connectivity index (χ1) is 33.6. The van der Waals surface area contributed by atoms with Gasteiger partial charge < -0.3 is 43.9 Å². The minimum Gasteiger partial charge on any atom is -0.491 e. The van der Waals surface area contributed by atoms with Crippen molar-refractivity contribution in [3.05, 3.63) is 150 Å². The number of fused-ring (bicyclic) bond motifs is 1. The van der Waals surface area contributed by atoms with Crippen LogP contribution in [0.3, 0.4) is 0 Å². The van der Waals surface area contributed by atoms with Crippen LogP contribution in [0.2, 0.25) is 10.0 Å². The van der Waals surface area contributed by atoms with E-state index in [2.05, 4.69) is 26.4 Å². The van der Waals surface area contributed by atoms with E-state index < -0.39 is 5.79 Å². The number of aromatic nitrogens is 6. The van der Waals surface area contributed by atoms with Gasteiger partial charge >= 0.3 is 0 Å². The highest BCUT2D eigenvalue weighted by Gasteiger charge is 2.45. The quantitative estimate of drug-likeness (QED) is 0.116. The molecule has 2 N–H and O–H groups in total. The minimum atomic E-state index is -1.08. The average Bonchev–Trinajstić information content (AvgIpc) is 4.15. The fourth-order valence-electron chi connectivity index (χ4n) is 8.84. The summed E-state index contributed by atoms with van der Waals surface area (Å²) in [4.78, 5) is 42.5. The summed E-state index contributed by atoms with van der Waals surface area (Å²) in [5, 5.41) is 6.64. The largest absolute Gasteiger partial charge is 0.491 e. The third-order valence-corrected chi connectivity index (χ3v) is 12.9. The van der Waals surface area contributed by atoms with Crippen molar-refractivity contribution in [3.8, 4) is 28.5 Å². The lowest BCUT2D eigenvalue weighted by Gasteiger charge is -2.35. The van der Waals surface area contributed by atoms with Crippen molar-refractivity contribution in [1.29, 1.82) is 0 Å². The van der Waals surface area contributed by atoms with Crippen LogP contribution in [0.5, 0.6) is 17.2 Å². The van der Waals surface area contributed by atoms with Gasteiger partial charge in [-0.1, -0.05) is 54.0 Å². The molecule has 3 aromatic heterocycles.